The van der Waals surface area contributed by atoms with Crippen LogP contribution in [0.4, 0.5) is 0 Å². The Balaban J connectivity index is 1.73. The molecule has 0 N–H and O–H groups in total. The molecule has 1 saturated heterocycles. The molecule has 3 nitrogen and oxygen atoms in total. The maximum absolute atomic E-state index is 6.02. The molecule has 106 valence electrons. The van der Waals surface area contributed by atoms with Crippen LogP contribution < -0.4 is 4.74 Å². The van der Waals surface area contributed by atoms with Crippen LogP contribution in [-0.4, -0.2) is 12.1 Å². The van der Waals surface area contributed by atoms with Crippen molar-refractivity contribution in [2.45, 2.75) is 18.6 Å². The molecule has 21 heavy (non-hydrogen) atoms. The van der Waals surface area contributed by atoms with Crippen LogP contribution in [0.25, 0.3) is 10.2 Å². The van der Waals surface area contributed by atoms with Crippen LogP contribution in [0.5, 0.6) is 5.75 Å². The maximum Gasteiger partial charge on any atom is 0.148 e. The van der Waals surface area contributed by atoms with Gasteiger partial charge < -0.3 is 9.47 Å². The number of thiazole rings is 1. The Bertz CT molecular complexity index is 780. The van der Waals surface area contributed by atoms with E-state index in [1.54, 1.807) is 18.4 Å². The van der Waals surface area contributed by atoms with Gasteiger partial charge in [-0.1, -0.05) is 30.3 Å². The topological polar surface area (TPSA) is 34.6 Å². The second-order valence-electron chi connectivity index (χ2n) is 5.33. The van der Waals surface area contributed by atoms with E-state index in [1.165, 1.54) is 4.70 Å². The van der Waals surface area contributed by atoms with E-state index in [0.29, 0.717) is 0 Å². The van der Waals surface area contributed by atoms with Crippen molar-refractivity contribution < 1.29 is 9.47 Å². The second-order valence-corrected chi connectivity index (χ2v) is 6.36. The molecule has 4 rings (SSSR count). The zero-order chi connectivity index (χ0) is 14.4. The van der Waals surface area contributed by atoms with Crippen LogP contribution >= 0.6 is 11.3 Å². The molecule has 0 aliphatic carbocycles. The summed E-state index contributed by atoms with van der Waals surface area (Å²) in [6.45, 7) is 2.10. The summed E-state index contributed by atoms with van der Waals surface area (Å²) in [5.41, 5.74) is 1.77. The second kappa shape index (κ2) is 4.55. The number of nitrogens with zero attached hydrogens (tertiary/aromatic N) is 1. The minimum Gasteiger partial charge on any atom is -0.496 e. The molecule has 1 aliphatic rings. The average molecular weight is 297 g/mol. The SMILES string of the molecule is COc1ccccc1[C@H]1O[C@@]1(C)c1nc2ccccc2s1. The zero-order valence-electron chi connectivity index (χ0n) is 11.9. The van der Waals surface area contributed by atoms with Crippen LogP contribution in [0.1, 0.15) is 23.6 Å². The Hall–Kier alpha value is -1.91. The first-order valence-corrected chi connectivity index (χ1v) is 7.71. The molecule has 3 aromatic rings. The summed E-state index contributed by atoms with van der Waals surface area (Å²) in [5.74, 6) is 0.868. The molecule has 1 aromatic heterocycles. The van der Waals surface area contributed by atoms with Gasteiger partial charge in [-0.2, -0.15) is 0 Å². The fourth-order valence-corrected chi connectivity index (χ4v) is 3.78. The zero-order valence-corrected chi connectivity index (χ0v) is 12.7. The number of aromatic nitrogens is 1. The maximum atomic E-state index is 6.02. The van der Waals surface area contributed by atoms with E-state index in [9.17, 15) is 0 Å². The predicted molar refractivity (Wildman–Crippen MR) is 83.8 cm³/mol. The lowest BCUT2D eigenvalue weighted by Gasteiger charge is -2.07. The highest BCUT2D eigenvalue weighted by Crippen LogP contribution is 2.59. The van der Waals surface area contributed by atoms with E-state index in [2.05, 4.69) is 19.1 Å². The Morgan fingerprint density at radius 1 is 1.14 bits per heavy atom. The van der Waals surface area contributed by atoms with Gasteiger partial charge in [0.1, 0.15) is 22.5 Å². The van der Waals surface area contributed by atoms with E-state index in [1.807, 2.05) is 36.4 Å². The molecule has 0 amide bonds. The highest BCUT2D eigenvalue weighted by Gasteiger charge is 2.57. The lowest BCUT2D eigenvalue weighted by Crippen LogP contribution is -2.04. The monoisotopic (exact) mass is 297 g/mol. The molecule has 0 unspecified atom stereocenters. The largest absolute Gasteiger partial charge is 0.496 e. The minimum absolute atomic E-state index is 0.00853. The van der Waals surface area contributed by atoms with Crippen molar-refractivity contribution in [2.75, 3.05) is 7.11 Å². The number of fused-ring (bicyclic) bond motifs is 1. The van der Waals surface area contributed by atoms with Gasteiger partial charge in [0.2, 0.25) is 0 Å². The van der Waals surface area contributed by atoms with Gasteiger partial charge >= 0.3 is 0 Å². The first kappa shape index (κ1) is 12.8. The predicted octanol–water partition coefficient (Wildman–Crippen LogP) is 4.29. The third kappa shape index (κ3) is 1.94. The molecular formula is C17H15NO2S. The summed E-state index contributed by atoms with van der Waals surface area (Å²) in [6, 6.07) is 16.2. The summed E-state index contributed by atoms with van der Waals surface area (Å²) in [7, 11) is 1.69. The van der Waals surface area contributed by atoms with Gasteiger partial charge in [-0.05, 0) is 25.1 Å². The number of benzene rings is 2. The number of ether oxygens (including phenoxy) is 2. The Kier molecular flexibility index (Phi) is 2.77. The summed E-state index contributed by atoms with van der Waals surface area (Å²) in [4.78, 5) is 4.73. The van der Waals surface area contributed by atoms with Crippen LogP contribution in [0, 0.1) is 0 Å². The highest BCUT2D eigenvalue weighted by atomic mass is 32.1. The number of epoxide rings is 1. The number of para-hydroxylation sites is 2. The summed E-state index contributed by atoms with van der Waals surface area (Å²) >= 11 is 1.70. The van der Waals surface area contributed by atoms with Gasteiger partial charge in [-0.3, -0.25) is 0 Å². The van der Waals surface area contributed by atoms with Crippen molar-refractivity contribution in [3.8, 4) is 5.75 Å². The van der Waals surface area contributed by atoms with Crippen LogP contribution in [-0.2, 0) is 10.3 Å². The van der Waals surface area contributed by atoms with Crippen LogP contribution in [0.2, 0.25) is 0 Å². The van der Waals surface area contributed by atoms with Crippen molar-refractivity contribution >= 4 is 21.6 Å². The molecule has 2 heterocycles. The lowest BCUT2D eigenvalue weighted by atomic mass is 10.0. The van der Waals surface area contributed by atoms with E-state index in [0.717, 1.165) is 21.8 Å². The lowest BCUT2D eigenvalue weighted by molar-refractivity contribution is 0.311. The summed E-state index contributed by atoms with van der Waals surface area (Å²) in [5, 5.41) is 1.03. The van der Waals surface area contributed by atoms with Gasteiger partial charge in [0, 0.05) is 5.56 Å². The highest BCUT2D eigenvalue weighted by molar-refractivity contribution is 7.18. The molecule has 0 radical (unpaired) electrons. The third-order valence-electron chi connectivity index (χ3n) is 3.95. The van der Waals surface area contributed by atoms with E-state index in [4.69, 9.17) is 14.5 Å². The minimum atomic E-state index is -0.349. The summed E-state index contributed by atoms with van der Waals surface area (Å²) < 4.78 is 12.7. The third-order valence-corrected chi connectivity index (χ3v) is 5.20. The van der Waals surface area contributed by atoms with E-state index in [-0.39, 0.29) is 11.7 Å². The fraction of sp³-hybridized carbons (Fsp3) is 0.235. The summed E-state index contributed by atoms with van der Waals surface area (Å²) in [6.07, 6.45) is 0.00853. The Morgan fingerprint density at radius 2 is 1.90 bits per heavy atom. The fourth-order valence-electron chi connectivity index (χ4n) is 2.70. The molecule has 0 bridgehead atoms. The van der Waals surface area contributed by atoms with E-state index >= 15 is 0 Å². The van der Waals surface area contributed by atoms with Crippen LogP contribution in [0.15, 0.2) is 48.5 Å². The normalized spacial score (nSPS) is 24.2. The number of rotatable bonds is 3. The Labute approximate surface area is 127 Å². The molecular weight excluding hydrogens is 282 g/mol. The standard InChI is InChI=1S/C17H15NO2S/c1-17(16-18-12-8-4-6-10-14(12)21-16)15(20-17)11-7-3-5-9-13(11)19-2/h3-10,15H,1-2H3/t15-,17-/m1/s1. The van der Waals surface area contributed by atoms with Crippen molar-refractivity contribution in [1.29, 1.82) is 0 Å². The van der Waals surface area contributed by atoms with Gasteiger partial charge in [0.15, 0.2) is 0 Å². The van der Waals surface area contributed by atoms with Crippen molar-refractivity contribution in [2.24, 2.45) is 0 Å². The molecule has 2 atom stereocenters. The first-order valence-electron chi connectivity index (χ1n) is 6.89. The molecule has 0 spiro atoms. The molecule has 2 aromatic carbocycles. The molecule has 4 heteroatoms. The Morgan fingerprint density at radius 3 is 2.71 bits per heavy atom. The van der Waals surface area contributed by atoms with Crippen molar-refractivity contribution in [1.82, 2.24) is 4.98 Å². The van der Waals surface area contributed by atoms with Crippen molar-refractivity contribution in [3.05, 3.63) is 59.1 Å². The van der Waals surface area contributed by atoms with Crippen molar-refractivity contribution in [3.63, 3.8) is 0 Å². The number of hydrogen-bond donors (Lipinski definition) is 0. The number of hydrogen-bond acceptors (Lipinski definition) is 4. The first-order chi connectivity index (χ1) is 10.2. The van der Waals surface area contributed by atoms with Gasteiger partial charge in [0.25, 0.3) is 0 Å². The molecule has 1 aliphatic heterocycles. The molecule has 1 fully saturated rings. The number of methoxy groups -OCH3 is 1. The average Bonchev–Trinajstić information content (AvgIpc) is 3.02. The van der Waals surface area contributed by atoms with Gasteiger partial charge in [-0.15, -0.1) is 11.3 Å². The van der Waals surface area contributed by atoms with Gasteiger partial charge in [-0.25, -0.2) is 4.98 Å². The molecule has 0 saturated carbocycles. The van der Waals surface area contributed by atoms with Gasteiger partial charge in [0.05, 0.1) is 17.3 Å². The van der Waals surface area contributed by atoms with E-state index < -0.39 is 0 Å². The quantitative estimate of drug-likeness (QED) is 0.676. The smallest absolute Gasteiger partial charge is 0.148 e. The van der Waals surface area contributed by atoms with Crippen LogP contribution in [0.3, 0.4) is 0 Å².